The molecule has 1 aromatic heterocycles. The summed E-state index contributed by atoms with van der Waals surface area (Å²) >= 11 is 1.02. The molecule has 0 bridgehead atoms. The Labute approximate surface area is 172 Å². The van der Waals surface area contributed by atoms with Gasteiger partial charge in [-0.05, 0) is 62.4 Å². The monoisotopic (exact) mass is 434 g/mol. The molecule has 0 spiro atoms. The number of carbonyl (C=O) groups excluding carboxylic acids is 1. The number of aromatic nitrogens is 2. The van der Waals surface area contributed by atoms with E-state index in [1.807, 2.05) is 19.9 Å². The lowest BCUT2D eigenvalue weighted by Crippen LogP contribution is -2.18. The van der Waals surface area contributed by atoms with Crippen molar-refractivity contribution in [1.82, 2.24) is 15.1 Å². The average Bonchev–Trinajstić information content (AvgIpc) is 3.28. The number of amidine groups is 1. The van der Waals surface area contributed by atoms with Gasteiger partial charge in [0.1, 0.15) is 11.7 Å². The van der Waals surface area contributed by atoms with E-state index in [0.717, 1.165) is 28.7 Å². The van der Waals surface area contributed by atoms with Crippen LogP contribution in [0.1, 0.15) is 29.4 Å². The number of benzene rings is 1. The third-order valence-electron chi connectivity index (χ3n) is 4.93. The number of carbonyl (C=O) groups is 1. The molecule has 0 aliphatic carbocycles. The van der Waals surface area contributed by atoms with E-state index in [1.54, 1.807) is 4.68 Å². The molecule has 2 aliphatic rings. The van der Waals surface area contributed by atoms with Gasteiger partial charge in [0.05, 0.1) is 33.8 Å². The van der Waals surface area contributed by atoms with Crippen molar-refractivity contribution in [2.45, 2.75) is 26.3 Å². The largest absolute Gasteiger partial charge is 0.300 e. The molecule has 29 heavy (non-hydrogen) atoms. The van der Waals surface area contributed by atoms with Gasteiger partial charge in [0.25, 0.3) is 5.24 Å². The number of aliphatic imine (C=N–C) groups is 1. The highest BCUT2D eigenvalue weighted by Gasteiger charge is 2.32. The fraction of sp³-hybridized carbons (Fsp3) is 0.316. The third-order valence-corrected chi connectivity index (χ3v) is 7.50. The van der Waals surface area contributed by atoms with Crippen molar-refractivity contribution < 1.29 is 17.6 Å². The van der Waals surface area contributed by atoms with Gasteiger partial charge in [0.2, 0.25) is 0 Å². The smallest absolute Gasteiger partial charge is 0.289 e. The van der Waals surface area contributed by atoms with Gasteiger partial charge in [0, 0.05) is 11.3 Å². The molecule has 1 N–H and O–H groups in total. The quantitative estimate of drug-likeness (QED) is 0.798. The zero-order valence-corrected chi connectivity index (χ0v) is 17.5. The number of sulfone groups is 1. The first-order valence-corrected chi connectivity index (χ1v) is 11.7. The molecule has 0 unspecified atom stereocenters. The van der Waals surface area contributed by atoms with E-state index >= 15 is 0 Å². The molecule has 0 saturated carbocycles. The molecular formula is C19H19FN4O3S2. The van der Waals surface area contributed by atoms with Crippen molar-refractivity contribution >= 4 is 44.4 Å². The fourth-order valence-corrected chi connectivity index (χ4v) is 5.91. The summed E-state index contributed by atoms with van der Waals surface area (Å²) in [6.45, 7) is 3.74. The molecule has 0 radical (unpaired) electrons. The van der Waals surface area contributed by atoms with Gasteiger partial charge < -0.3 is 5.32 Å². The van der Waals surface area contributed by atoms with Crippen molar-refractivity contribution in [1.29, 1.82) is 0 Å². The van der Waals surface area contributed by atoms with Crippen LogP contribution in [-0.4, -0.2) is 40.8 Å². The number of nitrogens with one attached hydrogen (secondary N) is 1. The minimum atomic E-state index is -3.02. The van der Waals surface area contributed by atoms with E-state index in [0.29, 0.717) is 22.8 Å². The molecule has 152 valence electrons. The van der Waals surface area contributed by atoms with E-state index < -0.39 is 9.84 Å². The molecule has 10 heteroatoms. The van der Waals surface area contributed by atoms with E-state index in [-0.39, 0.29) is 28.6 Å². The van der Waals surface area contributed by atoms with Crippen LogP contribution >= 0.6 is 11.8 Å². The first-order valence-electron chi connectivity index (χ1n) is 9.03. The number of aryl methyl sites for hydroxylation is 1. The van der Waals surface area contributed by atoms with Crippen molar-refractivity contribution in [2.75, 3.05) is 11.5 Å². The zero-order valence-electron chi connectivity index (χ0n) is 15.8. The van der Waals surface area contributed by atoms with E-state index in [4.69, 9.17) is 0 Å². The van der Waals surface area contributed by atoms with E-state index in [9.17, 15) is 17.6 Å². The molecular weight excluding hydrogens is 415 g/mol. The first-order chi connectivity index (χ1) is 13.7. The highest BCUT2D eigenvalue weighted by Crippen LogP contribution is 2.32. The minimum Gasteiger partial charge on any atom is -0.300 e. The summed E-state index contributed by atoms with van der Waals surface area (Å²) in [6, 6.07) is 5.50. The third kappa shape index (κ3) is 4.13. The second-order valence-corrected chi connectivity index (χ2v) is 10.3. The number of halogens is 1. The summed E-state index contributed by atoms with van der Waals surface area (Å²) in [4.78, 5) is 17.0. The molecule has 7 nitrogen and oxygen atoms in total. The van der Waals surface area contributed by atoms with Gasteiger partial charge in [-0.15, -0.1) is 0 Å². The van der Waals surface area contributed by atoms with Crippen LogP contribution in [0.3, 0.4) is 0 Å². The van der Waals surface area contributed by atoms with Crippen molar-refractivity contribution in [3.63, 3.8) is 0 Å². The Morgan fingerprint density at radius 1 is 1.31 bits per heavy atom. The predicted molar refractivity (Wildman–Crippen MR) is 112 cm³/mol. The second-order valence-electron chi connectivity index (χ2n) is 7.05. The van der Waals surface area contributed by atoms with Gasteiger partial charge in [-0.25, -0.2) is 17.8 Å². The topological polar surface area (TPSA) is 93.4 Å². The SMILES string of the molecule is Cc1nn([C@H]2CCS(=O)(=O)C2)c(C)c1/C=C1\SC(=O)NC1=Nc1ccc(F)cc1. The zero-order chi connectivity index (χ0) is 20.8. The Morgan fingerprint density at radius 2 is 2.03 bits per heavy atom. The highest BCUT2D eigenvalue weighted by atomic mass is 32.2. The summed E-state index contributed by atoms with van der Waals surface area (Å²) in [5.74, 6) is 0.301. The molecule has 2 fully saturated rings. The fourth-order valence-electron chi connectivity index (χ4n) is 3.50. The van der Waals surface area contributed by atoms with Crippen molar-refractivity contribution in [3.05, 3.63) is 51.9 Å². The Kier molecular flexibility index (Phi) is 5.07. The van der Waals surface area contributed by atoms with Crippen LogP contribution in [0, 0.1) is 19.7 Å². The van der Waals surface area contributed by atoms with Crippen LogP contribution in [0.5, 0.6) is 0 Å². The second kappa shape index (κ2) is 7.42. The van der Waals surface area contributed by atoms with Gasteiger partial charge in [0.15, 0.2) is 9.84 Å². The van der Waals surface area contributed by atoms with Gasteiger partial charge in [-0.2, -0.15) is 5.10 Å². The van der Waals surface area contributed by atoms with Gasteiger partial charge >= 0.3 is 0 Å². The molecule has 1 amide bonds. The molecule has 2 aliphatic heterocycles. The van der Waals surface area contributed by atoms with Crippen LogP contribution in [0.4, 0.5) is 14.9 Å². The lowest BCUT2D eigenvalue weighted by molar-refractivity contribution is 0.265. The Balaban J connectivity index is 1.69. The molecule has 4 rings (SSSR count). The summed E-state index contributed by atoms with van der Waals surface area (Å²) in [5.41, 5.74) is 2.95. The normalized spacial score (nSPS) is 23.8. The molecule has 1 aromatic carbocycles. The summed E-state index contributed by atoms with van der Waals surface area (Å²) in [5, 5.41) is 7.00. The molecule has 1 atom stereocenters. The standard InChI is InChI=1S/C19H19FN4O3S2/c1-11-16(12(2)24(23-11)15-7-8-29(26,27)10-15)9-17-18(22-19(25)28-17)21-14-5-3-13(20)4-6-14/h3-6,9,15H,7-8,10H2,1-2H3,(H,21,22,25)/b17-9-/t15-/m0/s1. The molecule has 2 saturated heterocycles. The minimum absolute atomic E-state index is 0.0943. The maximum absolute atomic E-state index is 13.1. The maximum Gasteiger partial charge on any atom is 0.289 e. The lowest BCUT2D eigenvalue weighted by atomic mass is 10.1. The van der Waals surface area contributed by atoms with Gasteiger partial charge in [-0.3, -0.25) is 9.48 Å². The highest BCUT2D eigenvalue weighted by molar-refractivity contribution is 8.18. The van der Waals surface area contributed by atoms with E-state index in [2.05, 4.69) is 15.4 Å². The Hall–Kier alpha value is -2.46. The Morgan fingerprint density at radius 3 is 2.69 bits per heavy atom. The van der Waals surface area contributed by atoms with E-state index in [1.165, 1.54) is 24.3 Å². The van der Waals surface area contributed by atoms with Crippen LogP contribution in [0.15, 0.2) is 34.2 Å². The number of nitrogens with zero attached hydrogens (tertiary/aromatic N) is 3. The summed E-state index contributed by atoms with van der Waals surface area (Å²) < 4.78 is 38.5. The van der Waals surface area contributed by atoms with Crippen molar-refractivity contribution in [2.24, 2.45) is 4.99 Å². The van der Waals surface area contributed by atoms with Crippen LogP contribution in [0.2, 0.25) is 0 Å². The summed E-state index contributed by atoms with van der Waals surface area (Å²) in [6.07, 6.45) is 2.38. The Bertz CT molecular complexity index is 1150. The molecule has 2 aromatic rings. The number of hydrogen-bond acceptors (Lipinski definition) is 6. The van der Waals surface area contributed by atoms with Crippen LogP contribution in [-0.2, 0) is 9.84 Å². The number of hydrogen-bond donors (Lipinski definition) is 1. The van der Waals surface area contributed by atoms with Crippen LogP contribution in [0.25, 0.3) is 6.08 Å². The molecule has 3 heterocycles. The van der Waals surface area contributed by atoms with Crippen LogP contribution < -0.4 is 5.32 Å². The first kappa shape index (κ1) is 19.8. The lowest BCUT2D eigenvalue weighted by Gasteiger charge is -2.11. The number of amides is 1. The van der Waals surface area contributed by atoms with Gasteiger partial charge in [-0.1, -0.05) is 0 Å². The summed E-state index contributed by atoms with van der Waals surface area (Å²) in [7, 11) is -3.02. The maximum atomic E-state index is 13.1. The predicted octanol–water partition coefficient (Wildman–Crippen LogP) is 3.53. The average molecular weight is 435 g/mol. The number of rotatable bonds is 3. The number of thioether (sulfide) groups is 1. The van der Waals surface area contributed by atoms with Crippen molar-refractivity contribution in [3.8, 4) is 0 Å².